The SMILES string of the molecule is C#C[C@@]1(O)C(O)[C@@](F)(COP(=O)(O)OP(=O)(O)OP(=O)(O)O)O[C@H]1N1C=CC(=C)NC1=O. The maximum Gasteiger partial charge on any atom is 0.490 e. The Hall–Kier alpha value is -1.47. The normalized spacial score (nSPS) is 34.5. The minimum atomic E-state index is -5.90. The number of alkyl halides is 1. The fraction of sp³-hybridized carbons (Fsp3) is 0.417. The van der Waals surface area contributed by atoms with Gasteiger partial charge in [0.15, 0.2) is 12.3 Å². The summed E-state index contributed by atoms with van der Waals surface area (Å²) in [4.78, 5) is 48.0. The number of carbonyl (C=O) groups is 1. The Morgan fingerprint density at radius 2 is 1.88 bits per heavy atom. The van der Waals surface area contributed by atoms with Gasteiger partial charge in [-0.15, -0.1) is 6.42 Å². The number of phosphoric ester groups is 1. The third-order valence-electron chi connectivity index (χ3n) is 3.77. The summed E-state index contributed by atoms with van der Waals surface area (Å²) in [6.45, 7) is 1.62. The Kier molecular flexibility index (Phi) is 7.29. The van der Waals surface area contributed by atoms with Gasteiger partial charge in [0.1, 0.15) is 6.61 Å². The number of urea groups is 1. The molecule has 16 nitrogen and oxygen atoms in total. The lowest BCUT2D eigenvalue weighted by molar-refractivity contribution is -0.205. The van der Waals surface area contributed by atoms with Crippen molar-refractivity contribution in [3.8, 4) is 12.3 Å². The van der Waals surface area contributed by atoms with Crippen LogP contribution in [0.25, 0.3) is 0 Å². The molecule has 20 heteroatoms. The molecule has 180 valence electrons. The number of nitrogens with zero attached hydrogens (tertiary/aromatic N) is 1. The van der Waals surface area contributed by atoms with E-state index in [1.54, 1.807) is 5.92 Å². The Morgan fingerprint density at radius 1 is 1.28 bits per heavy atom. The molecule has 2 amide bonds. The Labute approximate surface area is 178 Å². The van der Waals surface area contributed by atoms with E-state index in [1.807, 2.05) is 0 Å². The van der Waals surface area contributed by atoms with Gasteiger partial charge in [0.2, 0.25) is 5.60 Å². The van der Waals surface area contributed by atoms with Crippen molar-refractivity contribution in [1.82, 2.24) is 10.2 Å². The molecule has 2 aliphatic heterocycles. The number of nitrogens with one attached hydrogen (secondary N) is 1. The first-order valence-corrected chi connectivity index (χ1v) is 12.4. The number of hydrogen-bond donors (Lipinski definition) is 7. The first-order valence-electron chi connectivity index (χ1n) is 7.84. The number of terminal acetylenes is 1. The molecule has 32 heavy (non-hydrogen) atoms. The van der Waals surface area contributed by atoms with Crippen molar-refractivity contribution in [2.75, 3.05) is 6.61 Å². The second kappa shape index (κ2) is 8.71. The lowest BCUT2D eigenvalue weighted by Crippen LogP contribution is -2.57. The van der Waals surface area contributed by atoms with Crippen LogP contribution in [0.15, 0.2) is 24.6 Å². The van der Waals surface area contributed by atoms with Crippen molar-refractivity contribution in [2.24, 2.45) is 0 Å². The van der Waals surface area contributed by atoms with Gasteiger partial charge in [-0.1, -0.05) is 12.5 Å². The number of halogens is 1. The van der Waals surface area contributed by atoms with Crippen molar-refractivity contribution in [1.29, 1.82) is 0 Å². The lowest BCUT2D eigenvalue weighted by Gasteiger charge is -2.33. The minimum Gasteiger partial charge on any atom is -0.383 e. The van der Waals surface area contributed by atoms with E-state index in [4.69, 9.17) is 25.8 Å². The fourth-order valence-electron chi connectivity index (χ4n) is 2.47. The van der Waals surface area contributed by atoms with Crippen molar-refractivity contribution < 1.29 is 70.5 Å². The number of phosphoric acid groups is 3. The molecule has 0 aromatic heterocycles. The molecule has 0 aliphatic carbocycles. The van der Waals surface area contributed by atoms with Gasteiger partial charge >= 0.3 is 29.5 Å². The number of ether oxygens (including phenoxy) is 1. The van der Waals surface area contributed by atoms with Gasteiger partial charge in [-0.05, 0) is 6.08 Å². The topological polar surface area (TPSA) is 242 Å². The van der Waals surface area contributed by atoms with E-state index in [0.717, 1.165) is 6.20 Å². The molecule has 3 unspecified atom stereocenters. The second-order valence-corrected chi connectivity index (χ2v) is 10.6. The molecule has 0 saturated carbocycles. The zero-order chi connectivity index (χ0) is 24.8. The quantitative estimate of drug-likeness (QED) is 0.151. The molecule has 1 fully saturated rings. The van der Waals surface area contributed by atoms with Crippen LogP contribution in [-0.4, -0.2) is 71.1 Å². The number of aliphatic hydroxyl groups excluding tert-OH is 1. The zero-order valence-corrected chi connectivity index (χ0v) is 18.1. The third-order valence-corrected chi connectivity index (χ3v) is 7.55. The molecule has 0 aromatic rings. The van der Waals surface area contributed by atoms with Crippen LogP contribution in [0.1, 0.15) is 0 Å². The molecule has 0 bridgehead atoms. The van der Waals surface area contributed by atoms with Crippen LogP contribution in [0.3, 0.4) is 0 Å². The molecule has 7 N–H and O–H groups in total. The molecular weight excluding hydrogens is 508 g/mol. The minimum absolute atomic E-state index is 0.105. The van der Waals surface area contributed by atoms with Crippen molar-refractivity contribution in [3.63, 3.8) is 0 Å². The zero-order valence-electron chi connectivity index (χ0n) is 15.4. The van der Waals surface area contributed by atoms with Gasteiger partial charge in [-0.2, -0.15) is 8.62 Å². The summed E-state index contributed by atoms with van der Waals surface area (Å²) in [5, 5.41) is 22.9. The Balaban J connectivity index is 2.22. The van der Waals surface area contributed by atoms with E-state index < -0.39 is 59.9 Å². The lowest BCUT2D eigenvalue weighted by atomic mass is 9.93. The molecule has 1 saturated heterocycles. The fourth-order valence-corrected chi connectivity index (χ4v) is 5.51. The summed E-state index contributed by atoms with van der Waals surface area (Å²) in [7, 11) is -17.4. The van der Waals surface area contributed by atoms with Crippen LogP contribution in [0.5, 0.6) is 0 Å². The molecule has 2 rings (SSSR count). The molecule has 0 aromatic carbocycles. The maximum absolute atomic E-state index is 15.2. The number of allylic oxidation sites excluding steroid dienone is 1. The van der Waals surface area contributed by atoms with Gasteiger partial charge < -0.3 is 39.8 Å². The average Bonchev–Trinajstić information content (AvgIpc) is 2.80. The predicted molar refractivity (Wildman–Crippen MR) is 97.0 cm³/mol. The van der Waals surface area contributed by atoms with Crippen LogP contribution in [-0.2, 0) is 31.6 Å². The summed E-state index contributed by atoms with van der Waals surface area (Å²) in [6.07, 6.45) is 2.47. The average molecular weight is 524 g/mol. The van der Waals surface area contributed by atoms with Gasteiger partial charge in [0.05, 0.1) is 0 Å². The number of rotatable bonds is 8. The smallest absolute Gasteiger partial charge is 0.383 e. The summed E-state index contributed by atoms with van der Waals surface area (Å²) in [6, 6.07) is -1.01. The van der Waals surface area contributed by atoms with Crippen LogP contribution < -0.4 is 5.32 Å². The summed E-state index contributed by atoms with van der Waals surface area (Å²) in [5.74, 6) is -1.97. The van der Waals surface area contributed by atoms with Crippen LogP contribution >= 0.6 is 23.5 Å². The monoisotopic (exact) mass is 524 g/mol. The van der Waals surface area contributed by atoms with Gasteiger partial charge in [0, 0.05) is 11.9 Å². The summed E-state index contributed by atoms with van der Waals surface area (Å²) >= 11 is 0. The number of carbonyl (C=O) groups excluding carboxylic acids is 1. The van der Waals surface area contributed by atoms with Gasteiger partial charge in [-0.25, -0.2) is 22.9 Å². The Bertz CT molecular complexity index is 1020. The highest BCUT2D eigenvalue weighted by atomic mass is 31.3. The molecule has 2 aliphatic rings. The highest BCUT2D eigenvalue weighted by Crippen LogP contribution is 2.66. The van der Waals surface area contributed by atoms with Crippen LogP contribution in [0.4, 0.5) is 9.18 Å². The predicted octanol–water partition coefficient (Wildman–Crippen LogP) is -0.870. The molecule has 0 spiro atoms. The maximum atomic E-state index is 15.2. The van der Waals surface area contributed by atoms with E-state index in [0.29, 0.717) is 4.90 Å². The largest absolute Gasteiger partial charge is 0.490 e. The molecular formula is C12H16FN2O14P3. The van der Waals surface area contributed by atoms with Crippen molar-refractivity contribution >= 4 is 29.5 Å². The van der Waals surface area contributed by atoms with Crippen molar-refractivity contribution in [3.05, 3.63) is 24.6 Å². The van der Waals surface area contributed by atoms with E-state index in [-0.39, 0.29) is 5.70 Å². The van der Waals surface area contributed by atoms with E-state index in [9.17, 15) is 33.6 Å². The highest BCUT2D eigenvalue weighted by Gasteiger charge is 2.67. The first-order chi connectivity index (χ1) is 14.3. The number of hydrogen-bond acceptors (Lipinski definition) is 10. The van der Waals surface area contributed by atoms with Gasteiger partial charge in [0.25, 0.3) is 5.85 Å². The molecule has 2 heterocycles. The van der Waals surface area contributed by atoms with Crippen LogP contribution in [0, 0.1) is 12.3 Å². The third kappa shape index (κ3) is 5.90. The molecule has 6 atom stereocenters. The van der Waals surface area contributed by atoms with E-state index in [2.05, 4.69) is 25.0 Å². The van der Waals surface area contributed by atoms with E-state index in [1.165, 1.54) is 6.08 Å². The molecule has 0 radical (unpaired) electrons. The second-order valence-electron chi connectivity index (χ2n) is 6.17. The summed E-state index contributed by atoms with van der Waals surface area (Å²) in [5.41, 5.74) is -2.83. The highest BCUT2D eigenvalue weighted by molar-refractivity contribution is 7.66. The van der Waals surface area contributed by atoms with Crippen molar-refractivity contribution in [2.45, 2.75) is 23.8 Å². The number of aliphatic hydroxyl groups is 2. The summed E-state index contributed by atoms with van der Waals surface area (Å²) < 4.78 is 64.6. The Morgan fingerprint density at radius 3 is 2.38 bits per heavy atom. The van der Waals surface area contributed by atoms with E-state index >= 15 is 4.39 Å². The first kappa shape index (κ1) is 26.8. The standard InChI is InChI=1S/C12H16FN2O14P3/c1-3-11(18)8(16)12(13,27-9(11)15-5-4-7(2)14-10(15)17)6-26-31(22,23)29-32(24,25)28-30(19,20)21/h1,4-5,8-9,16,18H,2,6H2,(H,14,17)(H,22,23)(H,24,25)(H2,19,20,21)/t8?,9-,11-,12-/m1/s1. The van der Waals surface area contributed by atoms with Gasteiger partial charge in [-0.3, -0.25) is 9.42 Å². The van der Waals surface area contributed by atoms with Crippen LogP contribution in [0.2, 0.25) is 0 Å². The number of amides is 2.